The Kier molecular flexibility index (Phi) is 6.79. The lowest BCUT2D eigenvalue weighted by Gasteiger charge is -2.29. The van der Waals surface area contributed by atoms with E-state index in [4.69, 9.17) is 0 Å². The fourth-order valence-corrected chi connectivity index (χ4v) is 3.21. The Morgan fingerprint density at radius 3 is 2.74 bits per heavy atom. The number of hydrogen-bond acceptors (Lipinski definition) is 3. The van der Waals surface area contributed by atoms with Gasteiger partial charge in [-0.15, -0.1) is 0 Å². The Labute approximate surface area is 160 Å². The van der Waals surface area contributed by atoms with Gasteiger partial charge in [-0.2, -0.15) is 0 Å². The maximum absolute atomic E-state index is 12.5. The van der Waals surface area contributed by atoms with Crippen molar-refractivity contribution in [1.29, 1.82) is 0 Å². The summed E-state index contributed by atoms with van der Waals surface area (Å²) < 4.78 is 0. The average molecular weight is 365 g/mol. The first-order valence-corrected chi connectivity index (χ1v) is 9.45. The lowest BCUT2D eigenvalue weighted by atomic mass is 9.99. The van der Waals surface area contributed by atoms with E-state index in [2.05, 4.69) is 38.8 Å². The second-order valence-corrected chi connectivity index (χ2v) is 6.61. The molecule has 1 aliphatic rings. The maximum Gasteiger partial charge on any atom is 0.222 e. The van der Waals surface area contributed by atoms with Crippen molar-refractivity contribution < 1.29 is 4.79 Å². The summed E-state index contributed by atoms with van der Waals surface area (Å²) in [4.78, 5) is 22.9. The van der Waals surface area contributed by atoms with Crippen LogP contribution in [0, 0.1) is 0 Å². The van der Waals surface area contributed by atoms with E-state index in [9.17, 15) is 4.79 Å². The van der Waals surface area contributed by atoms with Crippen LogP contribution in [-0.4, -0.2) is 41.9 Å². The molecule has 0 bridgehead atoms. The van der Waals surface area contributed by atoms with E-state index in [1.165, 1.54) is 11.1 Å². The van der Waals surface area contributed by atoms with Gasteiger partial charge in [0.15, 0.2) is 5.96 Å². The van der Waals surface area contributed by atoms with E-state index >= 15 is 0 Å². The molecule has 27 heavy (non-hydrogen) atoms. The SMILES string of the molecule is CN=C(NCCCC(=O)N1CCc2ccccc2C1)NCc1ccccn1. The molecule has 6 heteroatoms. The van der Waals surface area contributed by atoms with E-state index in [1.54, 1.807) is 13.2 Å². The van der Waals surface area contributed by atoms with Gasteiger partial charge in [-0.05, 0) is 36.1 Å². The second kappa shape index (κ2) is 9.71. The van der Waals surface area contributed by atoms with Crippen LogP contribution < -0.4 is 10.6 Å². The third-order valence-corrected chi connectivity index (χ3v) is 4.73. The minimum absolute atomic E-state index is 0.225. The second-order valence-electron chi connectivity index (χ2n) is 6.61. The predicted octanol–water partition coefficient (Wildman–Crippen LogP) is 2.11. The topological polar surface area (TPSA) is 69.6 Å². The van der Waals surface area contributed by atoms with E-state index < -0.39 is 0 Å². The Balaban J connectivity index is 1.36. The minimum atomic E-state index is 0.225. The lowest BCUT2D eigenvalue weighted by molar-refractivity contribution is -0.132. The van der Waals surface area contributed by atoms with Gasteiger partial charge in [0.2, 0.25) is 5.91 Å². The van der Waals surface area contributed by atoms with Gasteiger partial charge in [0.05, 0.1) is 12.2 Å². The minimum Gasteiger partial charge on any atom is -0.356 e. The van der Waals surface area contributed by atoms with Crippen LogP contribution in [0.1, 0.15) is 29.7 Å². The van der Waals surface area contributed by atoms with Gasteiger partial charge in [0.25, 0.3) is 0 Å². The van der Waals surface area contributed by atoms with Crippen molar-refractivity contribution in [2.75, 3.05) is 20.1 Å². The smallest absolute Gasteiger partial charge is 0.222 e. The largest absolute Gasteiger partial charge is 0.356 e. The molecule has 0 aliphatic carbocycles. The molecule has 2 heterocycles. The number of aromatic nitrogens is 1. The number of carbonyl (C=O) groups is 1. The van der Waals surface area contributed by atoms with Gasteiger partial charge < -0.3 is 15.5 Å². The van der Waals surface area contributed by atoms with Crippen LogP contribution in [0.25, 0.3) is 0 Å². The number of amides is 1. The number of aliphatic imine (C=N–C) groups is 1. The normalized spacial score (nSPS) is 13.8. The van der Waals surface area contributed by atoms with Gasteiger partial charge in [-0.3, -0.25) is 14.8 Å². The third kappa shape index (κ3) is 5.54. The highest BCUT2D eigenvalue weighted by Gasteiger charge is 2.19. The average Bonchev–Trinajstić information content (AvgIpc) is 2.73. The van der Waals surface area contributed by atoms with Crippen LogP contribution in [-0.2, 0) is 24.3 Å². The number of carbonyl (C=O) groups excluding carboxylic acids is 1. The monoisotopic (exact) mass is 365 g/mol. The van der Waals surface area contributed by atoms with E-state index in [0.717, 1.165) is 37.6 Å². The Hall–Kier alpha value is -2.89. The standard InChI is InChI=1S/C21H27N5O/c1-22-21(25-15-19-9-4-5-12-23-19)24-13-6-10-20(27)26-14-11-17-7-2-3-8-18(17)16-26/h2-5,7-9,12H,6,10-11,13-16H2,1H3,(H2,22,24,25). The van der Waals surface area contributed by atoms with E-state index in [1.807, 2.05) is 29.2 Å². The maximum atomic E-state index is 12.5. The van der Waals surface area contributed by atoms with Gasteiger partial charge in [-0.25, -0.2) is 0 Å². The molecule has 1 aromatic carbocycles. The molecule has 142 valence electrons. The molecular formula is C21H27N5O. The Bertz CT molecular complexity index is 775. The first-order valence-electron chi connectivity index (χ1n) is 9.45. The van der Waals surface area contributed by atoms with Gasteiger partial charge in [-0.1, -0.05) is 30.3 Å². The molecule has 3 rings (SSSR count). The number of guanidine groups is 1. The Morgan fingerprint density at radius 1 is 1.15 bits per heavy atom. The molecule has 0 saturated heterocycles. The number of pyridine rings is 1. The lowest BCUT2D eigenvalue weighted by Crippen LogP contribution is -2.38. The summed E-state index contributed by atoms with van der Waals surface area (Å²) in [5, 5.41) is 6.48. The summed E-state index contributed by atoms with van der Waals surface area (Å²) in [5.41, 5.74) is 3.60. The highest BCUT2D eigenvalue weighted by Crippen LogP contribution is 2.19. The molecule has 6 nitrogen and oxygen atoms in total. The number of rotatable bonds is 6. The van der Waals surface area contributed by atoms with Gasteiger partial charge >= 0.3 is 0 Å². The summed E-state index contributed by atoms with van der Waals surface area (Å²) in [5.74, 6) is 0.947. The van der Waals surface area contributed by atoms with Crippen molar-refractivity contribution in [3.8, 4) is 0 Å². The molecule has 0 spiro atoms. The molecule has 2 aromatic rings. The molecule has 1 aliphatic heterocycles. The first kappa shape index (κ1) is 18.9. The van der Waals surface area contributed by atoms with Crippen LogP contribution in [0.2, 0.25) is 0 Å². The van der Waals surface area contributed by atoms with Crippen LogP contribution in [0.4, 0.5) is 0 Å². The quantitative estimate of drug-likeness (QED) is 0.467. The zero-order valence-corrected chi connectivity index (χ0v) is 15.8. The number of nitrogens with zero attached hydrogens (tertiary/aromatic N) is 3. The van der Waals surface area contributed by atoms with Gasteiger partial charge in [0, 0.05) is 39.3 Å². The van der Waals surface area contributed by atoms with Crippen molar-refractivity contribution in [3.05, 3.63) is 65.5 Å². The highest BCUT2D eigenvalue weighted by molar-refractivity contribution is 5.80. The number of nitrogens with one attached hydrogen (secondary N) is 2. The summed E-state index contributed by atoms with van der Waals surface area (Å²) in [6, 6.07) is 14.2. The van der Waals surface area contributed by atoms with Crippen LogP contribution >= 0.6 is 0 Å². The highest BCUT2D eigenvalue weighted by atomic mass is 16.2. The molecule has 0 unspecified atom stereocenters. The fourth-order valence-electron chi connectivity index (χ4n) is 3.21. The molecule has 1 amide bonds. The molecule has 0 saturated carbocycles. The molecule has 1 aromatic heterocycles. The Morgan fingerprint density at radius 2 is 1.96 bits per heavy atom. The molecule has 0 fully saturated rings. The van der Waals surface area contributed by atoms with Gasteiger partial charge in [0.1, 0.15) is 0 Å². The van der Waals surface area contributed by atoms with Crippen LogP contribution in [0.15, 0.2) is 53.7 Å². The van der Waals surface area contributed by atoms with Crippen LogP contribution in [0.5, 0.6) is 0 Å². The zero-order valence-electron chi connectivity index (χ0n) is 15.8. The number of hydrogen-bond donors (Lipinski definition) is 2. The fraction of sp³-hybridized carbons (Fsp3) is 0.381. The predicted molar refractivity (Wildman–Crippen MR) is 107 cm³/mol. The van der Waals surface area contributed by atoms with Crippen molar-refractivity contribution >= 4 is 11.9 Å². The van der Waals surface area contributed by atoms with Crippen molar-refractivity contribution in [1.82, 2.24) is 20.5 Å². The third-order valence-electron chi connectivity index (χ3n) is 4.73. The summed E-state index contributed by atoms with van der Waals surface area (Å²) in [6.07, 6.45) is 4.05. The van der Waals surface area contributed by atoms with Crippen LogP contribution in [0.3, 0.4) is 0 Å². The summed E-state index contributed by atoms with van der Waals surface area (Å²) in [6.45, 7) is 2.87. The molecule has 0 radical (unpaired) electrons. The van der Waals surface area contributed by atoms with Crippen molar-refractivity contribution in [3.63, 3.8) is 0 Å². The van der Waals surface area contributed by atoms with E-state index in [0.29, 0.717) is 19.5 Å². The number of fused-ring (bicyclic) bond motifs is 1. The van der Waals surface area contributed by atoms with Crippen molar-refractivity contribution in [2.45, 2.75) is 32.4 Å². The molecule has 0 atom stereocenters. The molecule has 2 N–H and O–H groups in total. The number of benzene rings is 1. The zero-order chi connectivity index (χ0) is 18.9. The summed E-state index contributed by atoms with van der Waals surface area (Å²) in [7, 11) is 1.74. The van der Waals surface area contributed by atoms with E-state index in [-0.39, 0.29) is 5.91 Å². The van der Waals surface area contributed by atoms with Crippen molar-refractivity contribution in [2.24, 2.45) is 4.99 Å². The molecular weight excluding hydrogens is 338 g/mol. The summed E-state index contributed by atoms with van der Waals surface area (Å²) >= 11 is 0. The first-order chi connectivity index (χ1) is 13.3.